The van der Waals surface area contributed by atoms with E-state index in [-0.39, 0.29) is 10.9 Å². The van der Waals surface area contributed by atoms with Crippen molar-refractivity contribution in [2.24, 2.45) is 5.73 Å². The summed E-state index contributed by atoms with van der Waals surface area (Å²) in [7, 11) is 0. The van der Waals surface area contributed by atoms with E-state index in [1.807, 2.05) is 6.92 Å². The van der Waals surface area contributed by atoms with Crippen LogP contribution in [0.25, 0.3) is 5.52 Å². The molecule has 2 aromatic rings. The van der Waals surface area contributed by atoms with Gasteiger partial charge in [0.15, 0.2) is 0 Å². The number of carbonyl (C=O) groups is 1. The molecule has 0 radical (unpaired) electrons. The third kappa shape index (κ3) is 2.41. The van der Waals surface area contributed by atoms with Crippen LogP contribution >= 0.6 is 12.2 Å². The lowest BCUT2D eigenvalue weighted by atomic mass is 9.98. The predicted octanol–water partition coefficient (Wildman–Crippen LogP) is 0.914. The van der Waals surface area contributed by atoms with Crippen LogP contribution in [0.3, 0.4) is 0 Å². The summed E-state index contributed by atoms with van der Waals surface area (Å²) < 4.78 is 1.59. The van der Waals surface area contributed by atoms with Gasteiger partial charge in [0, 0.05) is 12.4 Å². The molecule has 2 rings (SSSR count). The molecular formula is C12H15N5OS. The van der Waals surface area contributed by atoms with E-state index in [2.05, 4.69) is 15.4 Å². The molecular weight excluding hydrogens is 262 g/mol. The Kier molecular flexibility index (Phi) is 3.48. The number of fused-ring (bicyclic) bond motifs is 1. The van der Waals surface area contributed by atoms with Crippen LogP contribution in [0.4, 0.5) is 0 Å². The van der Waals surface area contributed by atoms with Gasteiger partial charge in [-0.2, -0.15) is 5.10 Å². The summed E-state index contributed by atoms with van der Waals surface area (Å²) in [6.07, 6.45) is 6.99. The zero-order valence-corrected chi connectivity index (χ0v) is 11.6. The molecule has 0 saturated heterocycles. The maximum Gasteiger partial charge on any atom is 0.255 e. The summed E-state index contributed by atoms with van der Waals surface area (Å²) in [5, 5.41) is 6.94. The van der Waals surface area contributed by atoms with E-state index in [4.69, 9.17) is 18.0 Å². The highest BCUT2D eigenvalue weighted by Crippen LogP contribution is 2.14. The molecule has 0 aromatic carbocycles. The predicted molar refractivity (Wildman–Crippen MR) is 75.9 cm³/mol. The normalized spacial score (nSPS) is 14.0. The second-order valence-corrected chi connectivity index (χ2v) is 4.91. The molecule has 0 aliphatic carbocycles. The van der Waals surface area contributed by atoms with Crippen molar-refractivity contribution in [2.75, 3.05) is 0 Å². The summed E-state index contributed by atoms with van der Waals surface area (Å²) in [6.45, 7) is 3.72. The highest BCUT2D eigenvalue weighted by molar-refractivity contribution is 7.80. The second kappa shape index (κ2) is 4.93. The molecule has 2 aromatic heterocycles. The number of rotatable bonds is 4. The van der Waals surface area contributed by atoms with Gasteiger partial charge >= 0.3 is 0 Å². The van der Waals surface area contributed by atoms with E-state index >= 15 is 0 Å². The van der Waals surface area contributed by atoms with E-state index in [9.17, 15) is 4.79 Å². The quantitative estimate of drug-likeness (QED) is 0.811. The van der Waals surface area contributed by atoms with Crippen LogP contribution in [0.5, 0.6) is 0 Å². The first-order valence-corrected chi connectivity index (χ1v) is 6.28. The van der Waals surface area contributed by atoms with Crippen molar-refractivity contribution >= 4 is 28.6 Å². The van der Waals surface area contributed by atoms with Crippen LogP contribution in [-0.4, -0.2) is 31.0 Å². The Balaban J connectivity index is 2.32. The van der Waals surface area contributed by atoms with Gasteiger partial charge in [-0.3, -0.25) is 9.78 Å². The molecule has 19 heavy (non-hydrogen) atoms. The minimum absolute atomic E-state index is 0.262. The zero-order chi connectivity index (χ0) is 14.0. The SMILES string of the molecule is CCC(C)(NC(=O)c1cnn2ccncc12)C(N)=S. The Hall–Kier alpha value is -2.02. The monoisotopic (exact) mass is 277 g/mol. The van der Waals surface area contributed by atoms with Crippen LogP contribution in [0.15, 0.2) is 24.8 Å². The number of carbonyl (C=O) groups excluding carboxylic acids is 1. The molecule has 0 aliphatic rings. The average molecular weight is 277 g/mol. The number of nitrogens with one attached hydrogen (secondary N) is 1. The molecule has 0 bridgehead atoms. The molecule has 0 spiro atoms. The molecule has 1 atom stereocenters. The van der Waals surface area contributed by atoms with E-state index in [0.29, 0.717) is 17.5 Å². The molecule has 7 heteroatoms. The number of amides is 1. The smallest absolute Gasteiger partial charge is 0.255 e. The third-order valence-corrected chi connectivity index (χ3v) is 3.66. The first kappa shape index (κ1) is 13.4. The van der Waals surface area contributed by atoms with Gasteiger partial charge in [-0.05, 0) is 13.3 Å². The van der Waals surface area contributed by atoms with Crippen LogP contribution in [0, 0.1) is 0 Å². The molecule has 3 N–H and O–H groups in total. The lowest BCUT2D eigenvalue weighted by Gasteiger charge is -2.28. The molecule has 100 valence electrons. The lowest BCUT2D eigenvalue weighted by molar-refractivity contribution is 0.0928. The van der Waals surface area contributed by atoms with Gasteiger partial charge in [-0.1, -0.05) is 19.1 Å². The first-order valence-electron chi connectivity index (χ1n) is 5.87. The molecule has 1 amide bonds. The first-order chi connectivity index (χ1) is 8.98. The van der Waals surface area contributed by atoms with Gasteiger partial charge in [-0.15, -0.1) is 0 Å². The average Bonchev–Trinajstić information content (AvgIpc) is 2.82. The van der Waals surface area contributed by atoms with Crippen molar-refractivity contribution in [2.45, 2.75) is 25.8 Å². The zero-order valence-electron chi connectivity index (χ0n) is 10.8. The maximum absolute atomic E-state index is 12.3. The maximum atomic E-state index is 12.3. The fourth-order valence-electron chi connectivity index (χ4n) is 1.65. The highest BCUT2D eigenvalue weighted by Gasteiger charge is 2.29. The number of nitrogens with zero attached hydrogens (tertiary/aromatic N) is 3. The molecule has 0 fully saturated rings. The fourth-order valence-corrected chi connectivity index (χ4v) is 1.85. The van der Waals surface area contributed by atoms with E-state index in [1.54, 1.807) is 30.0 Å². The number of hydrogen-bond acceptors (Lipinski definition) is 4. The Bertz CT molecular complexity index is 638. The van der Waals surface area contributed by atoms with Gasteiger partial charge in [0.25, 0.3) is 5.91 Å². The summed E-state index contributed by atoms with van der Waals surface area (Å²) in [6, 6.07) is 0. The minimum atomic E-state index is -0.705. The summed E-state index contributed by atoms with van der Waals surface area (Å²) >= 11 is 5.00. The molecule has 0 saturated carbocycles. The van der Waals surface area contributed by atoms with Gasteiger partial charge < -0.3 is 11.1 Å². The van der Waals surface area contributed by atoms with Crippen molar-refractivity contribution in [1.29, 1.82) is 0 Å². The lowest BCUT2D eigenvalue weighted by Crippen LogP contribution is -2.54. The fraction of sp³-hybridized carbons (Fsp3) is 0.333. The van der Waals surface area contributed by atoms with Crippen molar-refractivity contribution < 1.29 is 4.79 Å². The minimum Gasteiger partial charge on any atom is -0.391 e. The van der Waals surface area contributed by atoms with Gasteiger partial charge in [0.1, 0.15) is 0 Å². The Morgan fingerprint density at radius 1 is 1.58 bits per heavy atom. The number of thiocarbonyl (C=S) groups is 1. The van der Waals surface area contributed by atoms with Crippen molar-refractivity contribution in [3.8, 4) is 0 Å². The number of hydrogen-bond donors (Lipinski definition) is 2. The van der Waals surface area contributed by atoms with Crippen LogP contribution in [0.1, 0.15) is 30.6 Å². The topological polar surface area (TPSA) is 85.3 Å². The third-order valence-electron chi connectivity index (χ3n) is 3.21. The van der Waals surface area contributed by atoms with Crippen LogP contribution in [0.2, 0.25) is 0 Å². The van der Waals surface area contributed by atoms with Crippen molar-refractivity contribution in [3.05, 3.63) is 30.4 Å². The van der Waals surface area contributed by atoms with Gasteiger partial charge in [0.2, 0.25) is 0 Å². The van der Waals surface area contributed by atoms with Gasteiger partial charge in [0.05, 0.1) is 34.0 Å². The highest BCUT2D eigenvalue weighted by atomic mass is 32.1. The molecule has 6 nitrogen and oxygen atoms in total. The van der Waals surface area contributed by atoms with Crippen LogP contribution in [-0.2, 0) is 0 Å². The Morgan fingerprint density at radius 3 is 2.95 bits per heavy atom. The van der Waals surface area contributed by atoms with E-state index in [0.717, 1.165) is 0 Å². The summed E-state index contributed by atoms with van der Waals surface area (Å²) in [5.41, 5.74) is 6.06. The summed E-state index contributed by atoms with van der Waals surface area (Å²) in [4.78, 5) is 16.5. The molecule has 0 aliphatic heterocycles. The second-order valence-electron chi connectivity index (χ2n) is 4.47. The number of aromatic nitrogens is 3. The van der Waals surface area contributed by atoms with Crippen molar-refractivity contribution in [3.63, 3.8) is 0 Å². The molecule has 1 unspecified atom stereocenters. The summed E-state index contributed by atoms with van der Waals surface area (Å²) in [5.74, 6) is -0.264. The van der Waals surface area contributed by atoms with E-state index in [1.165, 1.54) is 6.20 Å². The number of nitrogens with two attached hydrogens (primary N) is 1. The standard InChI is InChI=1S/C12H15N5OS/c1-3-12(2,11(13)19)16-10(18)8-6-15-17-5-4-14-7-9(8)17/h4-7H,3H2,1-2H3,(H2,13,19)(H,16,18). The van der Waals surface area contributed by atoms with Gasteiger partial charge in [-0.25, -0.2) is 4.52 Å². The van der Waals surface area contributed by atoms with Crippen LogP contribution < -0.4 is 11.1 Å². The Labute approximate surface area is 116 Å². The molecule has 2 heterocycles. The van der Waals surface area contributed by atoms with Crippen molar-refractivity contribution in [1.82, 2.24) is 19.9 Å². The Morgan fingerprint density at radius 2 is 2.32 bits per heavy atom. The largest absolute Gasteiger partial charge is 0.391 e. The van der Waals surface area contributed by atoms with E-state index < -0.39 is 5.54 Å².